The van der Waals surface area contributed by atoms with E-state index >= 15 is 0 Å². The molecule has 0 saturated carbocycles. The molecule has 3 aromatic rings. The van der Waals surface area contributed by atoms with Crippen molar-refractivity contribution in [2.45, 2.75) is 19.8 Å². The summed E-state index contributed by atoms with van der Waals surface area (Å²) in [5.74, 6) is 2.15. The number of hydrogen-bond acceptors (Lipinski definition) is 4. The Hall–Kier alpha value is -2.01. The summed E-state index contributed by atoms with van der Waals surface area (Å²) in [6.45, 7) is 4.09. The van der Waals surface area contributed by atoms with Crippen molar-refractivity contribution in [1.82, 2.24) is 15.0 Å². The van der Waals surface area contributed by atoms with Gasteiger partial charge in [0.2, 0.25) is 5.88 Å². The molecule has 4 nitrogen and oxygen atoms in total. The highest BCUT2D eigenvalue weighted by atomic mass is 79.9. The van der Waals surface area contributed by atoms with Crippen LogP contribution in [0.3, 0.4) is 0 Å². The van der Waals surface area contributed by atoms with E-state index in [2.05, 4.69) is 30.9 Å². The molecule has 5 heteroatoms. The van der Waals surface area contributed by atoms with Crippen LogP contribution in [0.1, 0.15) is 25.6 Å². The molecule has 106 valence electrons. The van der Waals surface area contributed by atoms with Crippen molar-refractivity contribution in [2.24, 2.45) is 0 Å². The second-order valence-electron chi connectivity index (χ2n) is 5.01. The summed E-state index contributed by atoms with van der Waals surface area (Å²) in [4.78, 5) is 13.1. The van der Waals surface area contributed by atoms with Gasteiger partial charge < -0.3 is 4.74 Å². The molecule has 2 heterocycles. The number of para-hydroxylation sites is 1. The lowest BCUT2D eigenvalue weighted by Gasteiger charge is -2.09. The second-order valence-corrected chi connectivity index (χ2v) is 5.82. The summed E-state index contributed by atoms with van der Waals surface area (Å²) in [6, 6.07) is 11.6. The van der Waals surface area contributed by atoms with Crippen LogP contribution in [-0.2, 0) is 0 Å². The molecule has 0 aliphatic rings. The summed E-state index contributed by atoms with van der Waals surface area (Å²) >= 11 is 3.39. The fourth-order valence-electron chi connectivity index (χ4n) is 1.95. The Morgan fingerprint density at radius 1 is 1.10 bits per heavy atom. The van der Waals surface area contributed by atoms with Gasteiger partial charge in [0.05, 0.1) is 11.7 Å². The maximum Gasteiger partial charge on any atom is 0.223 e. The van der Waals surface area contributed by atoms with Crippen LogP contribution in [0.15, 0.2) is 47.2 Å². The maximum absolute atomic E-state index is 5.81. The zero-order chi connectivity index (χ0) is 14.8. The van der Waals surface area contributed by atoms with Crippen LogP contribution in [0.25, 0.3) is 10.9 Å². The normalized spacial score (nSPS) is 11.0. The van der Waals surface area contributed by atoms with Gasteiger partial charge in [-0.1, -0.05) is 32.0 Å². The number of rotatable bonds is 3. The minimum Gasteiger partial charge on any atom is -0.437 e. The summed E-state index contributed by atoms with van der Waals surface area (Å²) in [5.41, 5.74) is 0.941. The molecule has 3 rings (SSSR count). The molecule has 21 heavy (non-hydrogen) atoms. The van der Waals surface area contributed by atoms with Gasteiger partial charge in [-0.25, -0.2) is 4.98 Å². The fraction of sp³-hybridized carbons (Fsp3) is 0.188. The topological polar surface area (TPSA) is 47.9 Å². The van der Waals surface area contributed by atoms with E-state index in [0.717, 1.165) is 16.7 Å². The van der Waals surface area contributed by atoms with Gasteiger partial charge in [0.15, 0.2) is 0 Å². The number of benzene rings is 1. The molecule has 0 aliphatic carbocycles. The molecule has 0 radical (unpaired) electrons. The van der Waals surface area contributed by atoms with Crippen molar-refractivity contribution >= 4 is 26.8 Å². The van der Waals surface area contributed by atoms with Crippen LogP contribution in [0, 0.1) is 0 Å². The van der Waals surface area contributed by atoms with Crippen molar-refractivity contribution in [3.63, 3.8) is 0 Å². The standard InChI is InChI=1S/C16H14BrN3O/c1-10(2)16-19-14(17)8-15(20-16)21-12-7-11-5-3-4-6-13(11)18-9-12/h3-10H,1-2H3. The second kappa shape index (κ2) is 5.77. The minimum absolute atomic E-state index is 0.236. The smallest absolute Gasteiger partial charge is 0.223 e. The van der Waals surface area contributed by atoms with Gasteiger partial charge in [0.1, 0.15) is 16.2 Å². The highest BCUT2D eigenvalue weighted by Gasteiger charge is 2.09. The van der Waals surface area contributed by atoms with Crippen molar-refractivity contribution in [2.75, 3.05) is 0 Å². The molecular formula is C16H14BrN3O. The molecular weight excluding hydrogens is 330 g/mol. The minimum atomic E-state index is 0.236. The Labute approximate surface area is 131 Å². The third-order valence-electron chi connectivity index (χ3n) is 2.99. The monoisotopic (exact) mass is 343 g/mol. The first-order valence-electron chi connectivity index (χ1n) is 6.69. The molecule has 0 fully saturated rings. The third-order valence-corrected chi connectivity index (χ3v) is 3.40. The Morgan fingerprint density at radius 2 is 1.90 bits per heavy atom. The molecule has 0 amide bonds. The van der Waals surface area contributed by atoms with Crippen LogP contribution in [0.2, 0.25) is 0 Å². The Balaban J connectivity index is 1.94. The molecule has 1 aromatic carbocycles. The van der Waals surface area contributed by atoms with Gasteiger partial charge in [-0.3, -0.25) is 4.98 Å². The lowest BCUT2D eigenvalue weighted by molar-refractivity contribution is 0.455. The maximum atomic E-state index is 5.81. The van der Waals surface area contributed by atoms with Crippen LogP contribution < -0.4 is 4.74 Å². The Bertz CT molecular complexity index is 789. The number of ether oxygens (including phenoxy) is 1. The average Bonchev–Trinajstić information content (AvgIpc) is 2.46. The molecule has 0 unspecified atom stereocenters. The number of nitrogens with zero attached hydrogens (tertiary/aromatic N) is 3. The zero-order valence-electron chi connectivity index (χ0n) is 11.7. The fourth-order valence-corrected chi connectivity index (χ4v) is 2.33. The predicted molar refractivity (Wildman–Crippen MR) is 85.6 cm³/mol. The number of halogens is 1. The molecule has 0 N–H and O–H groups in total. The van der Waals surface area contributed by atoms with Gasteiger partial charge in [0.25, 0.3) is 0 Å². The third kappa shape index (κ3) is 3.19. The number of aromatic nitrogens is 3. The van der Waals surface area contributed by atoms with E-state index in [1.165, 1.54) is 0 Å². The van der Waals surface area contributed by atoms with Crippen molar-refractivity contribution in [1.29, 1.82) is 0 Å². The SMILES string of the molecule is CC(C)c1nc(Br)cc(Oc2cnc3ccccc3c2)n1. The number of fused-ring (bicyclic) bond motifs is 1. The molecule has 0 bridgehead atoms. The summed E-state index contributed by atoms with van der Waals surface area (Å²) in [7, 11) is 0. The largest absolute Gasteiger partial charge is 0.437 e. The lowest BCUT2D eigenvalue weighted by Crippen LogP contribution is -2.00. The van der Waals surface area contributed by atoms with Crippen LogP contribution >= 0.6 is 15.9 Å². The highest BCUT2D eigenvalue weighted by Crippen LogP contribution is 2.25. The zero-order valence-corrected chi connectivity index (χ0v) is 13.3. The molecule has 2 aromatic heterocycles. The summed E-state index contributed by atoms with van der Waals surface area (Å²) in [6.07, 6.45) is 1.70. The molecule has 0 atom stereocenters. The van der Waals surface area contributed by atoms with Crippen LogP contribution in [-0.4, -0.2) is 15.0 Å². The van der Waals surface area contributed by atoms with Crippen molar-refractivity contribution in [3.8, 4) is 11.6 Å². The van der Waals surface area contributed by atoms with E-state index in [1.54, 1.807) is 12.3 Å². The molecule has 0 aliphatic heterocycles. The van der Waals surface area contributed by atoms with Crippen LogP contribution in [0.4, 0.5) is 0 Å². The van der Waals surface area contributed by atoms with Gasteiger partial charge in [-0.15, -0.1) is 0 Å². The van der Waals surface area contributed by atoms with E-state index in [9.17, 15) is 0 Å². The summed E-state index contributed by atoms with van der Waals surface area (Å²) in [5, 5.41) is 1.03. The predicted octanol–water partition coefficient (Wildman–Crippen LogP) is 4.70. The summed E-state index contributed by atoms with van der Waals surface area (Å²) < 4.78 is 6.53. The highest BCUT2D eigenvalue weighted by molar-refractivity contribution is 9.10. The molecule has 0 spiro atoms. The first-order chi connectivity index (χ1) is 10.1. The van der Waals surface area contributed by atoms with E-state index in [1.807, 2.05) is 44.2 Å². The van der Waals surface area contributed by atoms with E-state index in [0.29, 0.717) is 16.2 Å². The van der Waals surface area contributed by atoms with Crippen molar-refractivity contribution < 1.29 is 4.74 Å². The van der Waals surface area contributed by atoms with E-state index in [-0.39, 0.29) is 5.92 Å². The average molecular weight is 344 g/mol. The Kier molecular flexibility index (Phi) is 3.84. The van der Waals surface area contributed by atoms with Crippen LogP contribution in [0.5, 0.6) is 11.6 Å². The molecule has 0 saturated heterocycles. The Morgan fingerprint density at radius 3 is 2.71 bits per heavy atom. The number of pyridine rings is 1. The van der Waals surface area contributed by atoms with Gasteiger partial charge in [-0.05, 0) is 28.1 Å². The van der Waals surface area contributed by atoms with E-state index < -0.39 is 0 Å². The van der Waals surface area contributed by atoms with Crippen molar-refractivity contribution in [3.05, 3.63) is 53.0 Å². The quantitative estimate of drug-likeness (QED) is 0.646. The lowest BCUT2D eigenvalue weighted by atomic mass is 10.2. The first-order valence-corrected chi connectivity index (χ1v) is 7.48. The number of hydrogen-bond donors (Lipinski definition) is 0. The first kappa shape index (κ1) is 13.9. The van der Waals surface area contributed by atoms with E-state index in [4.69, 9.17) is 4.74 Å². The van der Waals surface area contributed by atoms with Gasteiger partial charge in [0, 0.05) is 17.4 Å². The van der Waals surface area contributed by atoms with Gasteiger partial charge >= 0.3 is 0 Å². The van der Waals surface area contributed by atoms with Gasteiger partial charge in [-0.2, -0.15) is 4.98 Å².